The second-order valence-corrected chi connectivity index (χ2v) is 3.37. The van der Waals surface area contributed by atoms with Crippen molar-refractivity contribution in [1.29, 1.82) is 0 Å². The lowest BCUT2D eigenvalue weighted by molar-refractivity contribution is 0.0322. The smallest absolute Gasteiger partial charge is 0.150 e. The Hall–Kier alpha value is -0.970. The van der Waals surface area contributed by atoms with Crippen molar-refractivity contribution in [3.63, 3.8) is 0 Å². The summed E-state index contributed by atoms with van der Waals surface area (Å²) in [7, 11) is 0. The van der Waals surface area contributed by atoms with E-state index in [1.54, 1.807) is 0 Å². The summed E-state index contributed by atoms with van der Waals surface area (Å²) in [5.74, 6) is -0.745. The molecule has 0 aliphatic carbocycles. The number of carbonyl (C=O) groups excluding carboxylic acids is 1. The number of hydrogen-bond donors (Lipinski definition) is 2. The maximum Gasteiger partial charge on any atom is 0.150 e. The molecular formula is C10H10ClFO3. The van der Waals surface area contributed by atoms with Crippen LogP contribution in [-0.2, 0) is 0 Å². The first-order valence-corrected chi connectivity index (χ1v) is 4.80. The zero-order valence-corrected chi connectivity index (χ0v) is 8.49. The lowest BCUT2D eigenvalue weighted by atomic mass is 10.00. The van der Waals surface area contributed by atoms with Crippen molar-refractivity contribution in [3.05, 3.63) is 35.1 Å². The van der Waals surface area contributed by atoms with Crippen molar-refractivity contribution in [1.82, 2.24) is 0 Å². The fraction of sp³-hybridized carbons (Fsp3) is 0.300. The van der Waals surface area contributed by atoms with Gasteiger partial charge in [-0.3, -0.25) is 4.79 Å². The van der Waals surface area contributed by atoms with E-state index in [0.717, 1.165) is 12.1 Å². The van der Waals surface area contributed by atoms with Crippen molar-refractivity contribution in [2.24, 2.45) is 0 Å². The van der Waals surface area contributed by atoms with Gasteiger partial charge in [-0.1, -0.05) is 6.07 Å². The summed E-state index contributed by atoms with van der Waals surface area (Å²) in [4.78, 5) is 10.6. The monoisotopic (exact) mass is 232 g/mol. The van der Waals surface area contributed by atoms with Crippen LogP contribution >= 0.6 is 11.6 Å². The van der Waals surface area contributed by atoms with E-state index >= 15 is 0 Å². The third kappa shape index (κ3) is 2.75. The molecule has 0 aliphatic heterocycles. The van der Waals surface area contributed by atoms with Gasteiger partial charge in [0.25, 0.3) is 0 Å². The molecule has 0 fully saturated rings. The molecule has 0 aromatic heterocycles. The van der Waals surface area contributed by atoms with Crippen LogP contribution in [0.25, 0.3) is 0 Å². The number of benzene rings is 1. The molecule has 0 aliphatic rings. The SMILES string of the molecule is O=Cc1cc(F)ccc1C(O)C(O)CCl. The van der Waals surface area contributed by atoms with Crippen molar-refractivity contribution in [2.45, 2.75) is 12.2 Å². The molecule has 2 N–H and O–H groups in total. The van der Waals surface area contributed by atoms with E-state index < -0.39 is 18.0 Å². The minimum Gasteiger partial charge on any atom is -0.389 e. The second-order valence-electron chi connectivity index (χ2n) is 3.06. The molecular weight excluding hydrogens is 223 g/mol. The third-order valence-electron chi connectivity index (χ3n) is 2.02. The molecule has 2 atom stereocenters. The summed E-state index contributed by atoms with van der Waals surface area (Å²) >= 11 is 5.35. The van der Waals surface area contributed by atoms with E-state index in [-0.39, 0.29) is 17.0 Å². The average molecular weight is 233 g/mol. The standard InChI is InChI=1S/C10H10ClFO3/c11-4-9(14)10(15)8-2-1-7(12)3-6(8)5-13/h1-3,5,9-10,14-15H,4H2. The van der Waals surface area contributed by atoms with Gasteiger partial charge in [0.15, 0.2) is 6.29 Å². The molecule has 0 radical (unpaired) electrons. The zero-order chi connectivity index (χ0) is 11.4. The first-order chi connectivity index (χ1) is 7.10. The highest BCUT2D eigenvalue weighted by atomic mass is 35.5. The fourth-order valence-electron chi connectivity index (χ4n) is 1.21. The van der Waals surface area contributed by atoms with Crippen molar-refractivity contribution >= 4 is 17.9 Å². The molecule has 2 unspecified atom stereocenters. The van der Waals surface area contributed by atoms with E-state index in [4.69, 9.17) is 11.6 Å². The Morgan fingerprint density at radius 3 is 2.67 bits per heavy atom. The Bertz CT molecular complexity index is 357. The Morgan fingerprint density at radius 1 is 1.47 bits per heavy atom. The summed E-state index contributed by atoms with van der Waals surface area (Å²) in [5, 5.41) is 18.9. The molecule has 5 heteroatoms. The van der Waals surface area contributed by atoms with Crippen LogP contribution in [0.5, 0.6) is 0 Å². The predicted octanol–water partition coefficient (Wildman–Crippen LogP) is 1.27. The largest absolute Gasteiger partial charge is 0.389 e. The Balaban J connectivity index is 3.07. The molecule has 0 spiro atoms. The van der Waals surface area contributed by atoms with Gasteiger partial charge >= 0.3 is 0 Å². The van der Waals surface area contributed by atoms with Gasteiger partial charge in [-0.25, -0.2) is 4.39 Å². The molecule has 1 aromatic rings. The van der Waals surface area contributed by atoms with Gasteiger partial charge in [0.2, 0.25) is 0 Å². The molecule has 0 bridgehead atoms. The molecule has 1 aromatic carbocycles. The Kier molecular flexibility index (Phi) is 4.20. The van der Waals surface area contributed by atoms with Gasteiger partial charge in [0.1, 0.15) is 11.9 Å². The first kappa shape index (κ1) is 12.1. The average Bonchev–Trinajstić information content (AvgIpc) is 2.26. The van der Waals surface area contributed by atoms with E-state index in [0.29, 0.717) is 6.29 Å². The molecule has 82 valence electrons. The lowest BCUT2D eigenvalue weighted by Gasteiger charge is -2.17. The number of aldehydes is 1. The van der Waals surface area contributed by atoms with Crippen LogP contribution in [0.1, 0.15) is 22.0 Å². The number of carbonyl (C=O) groups is 1. The minimum atomic E-state index is -1.29. The molecule has 1 rings (SSSR count). The molecule has 0 heterocycles. The number of aliphatic hydroxyl groups excluding tert-OH is 2. The quantitative estimate of drug-likeness (QED) is 0.607. The summed E-state index contributed by atoms with van der Waals surface area (Å²) in [6.45, 7) is 0. The number of hydrogen-bond acceptors (Lipinski definition) is 3. The van der Waals surface area contributed by atoms with E-state index in [1.165, 1.54) is 6.07 Å². The van der Waals surface area contributed by atoms with Gasteiger partial charge < -0.3 is 10.2 Å². The predicted molar refractivity (Wildman–Crippen MR) is 53.5 cm³/mol. The van der Waals surface area contributed by atoms with Crippen LogP contribution in [0.2, 0.25) is 0 Å². The summed E-state index contributed by atoms with van der Waals surface area (Å²) in [6.07, 6.45) is -2.05. The maximum absolute atomic E-state index is 12.8. The normalized spacial score (nSPS) is 14.7. The van der Waals surface area contributed by atoms with Gasteiger partial charge in [0, 0.05) is 5.56 Å². The van der Waals surface area contributed by atoms with Crippen LogP contribution in [-0.4, -0.2) is 28.5 Å². The second kappa shape index (κ2) is 5.21. The Labute approximate surface area is 91.1 Å². The highest BCUT2D eigenvalue weighted by Crippen LogP contribution is 2.21. The highest BCUT2D eigenvalue weighted by molar-refractivity contribution is 6.18. The van der Waals surface area contributed by atoms with Gasteiger partial charge in [0.05, 0.1) is 12.0 Å². The van der Waals surface area contributed by atoms with E-state index in [2.05, 4.69) is 0 Å². The van der Waals surface area contributed by atoms with Crippen LogP contribution < -0.4 is 0 Å². The zero-order valence-electron chi connectivity index (χ0n) is 7.73. The number of rotatable bonds is 4. The molecule has 15 heavy (non-hydrogen) atoms. The maximum atomic E-state index is 12.8. The van der Waals surface area contributed by atoms with Gasteiger partial charge in [-0.15, -0.1) is 11.6 Å². The molecule has 0 amide bonds. The van der Waals surface area contributed by atoms with Crippen LogP contribution in [0, 0.1) is 5.82 Å². The summed E-state index contributed by atoms with van der Waals surface area (Å²) in [6, 6.07) is 3.35. The first-order valence-electron chi connectivity index (χ1n) is 4.27. The molecule has 0 saturated carbocycles. The number of alkyl halides is 1. The van der Waals surface area contributed by atoms with E-state index in [1.807, 2.05) is 0 Å². The highest BCUT2D eigenvalue weighted by Gasteiger charge is 2.20. The fourth-order valence-corrected chi connectivity index (χ4v) is 1.38. The Morgan fingerprint density at radius 2 is 2.13 bits per heavy atom. The van der Waals surface area contributed by atoms with Gasteiger partial charge in [-0.2, -0.15) is 0 Å². The topological polar surface area (TPSA) is 57.5 Å². The summed E-state index contributed by atoms with van der Waals surface area (Å²) < 4.78 is 12.8. The van der Waals surface area contributed by atoms with Crippen LogP contribution in [0.15, 0.2) is 18.2 Å². The molecule has 0 saturated heterocycles. The van der Waals surface area contributed by atoms with Crippen molar-refractivity contribution in [3.8, 4) is 0 Å². The third-order valence-corrected chi connectivity index (χ3v) is 2.33. The van der Waals surface area contributed by atoms with Gasteiger partial charge in [-0.05, 0) is 17.7 Å². The number of aliphatic hydroxyl groups is 2. The van der Waals surface area contributed by atoms with Crippen molar-refractivity contribution < 1.29 is 19.4 Å². The van der Waals surface area contributed by atoms with Crippen molar-refractivity contribution in [2.75, 3.05) is 5.88 Å². The number of halogens is 2. The minimum absolute atomic E-state index is 0.00617. The van der Waals surface area contributed by atoms with Crippen LogP contribution in [0.3, 0.4) is 0 Å². The van der Waals surface area contributed by atoms with E-state index in [9.17, 15) is 19.4 Å². The molecule has 3 nitrogen and oxygen atoms in total. The van der Waals surface area contributed by atoms with Crippen LogP contribution in [0.4, 0.5) is 4.39 Å². The lowest BCUT2D eigenvalue weighted by Crippen LogP contribution is -2.21. The summed E-state index contributed by atoms with van der Waals surface area (Å²) in [5.41, 5.74) is 0.172.